The molecule has 2 bridgehead atoms. The summed E-state index contributed by atoms with van der Waals surface area (Å²) in [6, 6.07) is 0.822. The standard InChI is InChI=1S/C12H21N3O3Si/c1-12-10-15(11-13-12)5-9-19-16-6-2-14(3-7-17-19)4-8-18-19/h10-11H,2-9H2,1H3. The van der Waals surface area contributed by atoms with Gasteiger partial charge < -0.3 is 17.8 Å². The summed E-state index contributed by atoms with van der Waals surface area (Å²) in [5.74, 6) is 0. The largest absolute Gasteiger partial charge is 0.502 e. The second kappa shape index (κ2) is 5.72. The first-order valence-electron chi connectivity index (χ1n) is 6.88. The molecular formula is C12H21N3O3Si. The van der Waals surface area contributed by atoms with E-state index in [2.05, 4.69) is 14.5 Å². The predicted molar refractivity (Wildman–Crippen MR) is 71.8 cm³/mol. The fraction of sp³-hybridized carbons (Fsp3) is 0.750. The van der Waals surface area contributed by atoms with E-state index in [-0.39, 0.29) is 0 Å². The van der Waals surface area contributed by atoms with Crippen LogP contribution in [0.25, 0.3) is 0 Å². The lowest BCUT2D eigenvalue weighted by Crippen LogP contribution is -2.55. The van der Waals surface area contributed by atoms with Crippen LogP contribution in [-0.2, 0) is 19.8 Å². The lowest BCUT2D eigenvalue weighted by molar-refractivity contribution is -0.00884. The van der Waals surface area contributed by atoms with Crippen molar-refractivity contribution in [3.05, 3.63) is 18.2 Å². The highest BCUT2D eigenvalue weighted by atomic mass is 28.4. The molecule has 106 valence electrons. The Morgan fingerprint density at radius 3 is 2.32 bits per heavy atom. The molecule has 0 spiro atoms. The smallest absolute Gasteiger partial charge is 0.372 e. The molecule has 3 fully saturated rings. The van der Waals surface area contributed by atoms with E-state index in [1.54, 1.807) is 0 Å². The third-order valence-corrected chi connectivity index (χ3v) is 6.39. The minimum Gasteiger partial charge on any atom is -0.372 e. The van der Waals surface area contributed by atoms with Gasteiger partial charge in [-0.1, -0.05) is 0 Å². The van der Waals surface area contributed by atoms with E-state index < -0.39 is 8.80 Å². The summed E-state index contributed by atoms with van der Waals surface area (Å²) < 4.78 is 20.0. The fourth-order valence-electron chi connectivity index (χ4n) is 2.53. The zero-order chi connectivity index (χ0) is 13.1. The average Bonchev–Trinajstić information content (AvgIpc) is 2.72. The first-order valence-corrected chi connectivity index (χ1v) is 8.82. The molecule has 4 heterocycles. The maximum absolute atomic E-state index is 5.99. The normalized spacial score (nSPS) is 31.7. The van der Waals surface area contributed by atoms with E-state index in [4.69, 9.17) is 13.3 Å². The van der Waals surface area contributed by atoms with Gasteiger partial charge >= 0.3 is 8.80 Å². The first kappa shape index (κ1) is 13.3. The van der Waals surface area contributed by atoms with Crippen molar-refractivity contribution in [2.45, 2.75) is 19.5 Å². The molecule has 0 N–H and O–H groups in total. The number of aryl methyl sites for hydroxylation is 2. The van der Waals surface area contributed by atoms with Crippen molar-refractivity contribution < 1.29 is 13.3 Å². The van der Waals surface area contributed by atoms with Gasteiger partial charge in [0, 0.05) is 38.4 Å². The lowest BCUT2D eigenvalue weighted by atomic mass is 10.4. The SMILES string of the molecule is Cc1cn(CC[Si]23OCCN(CCO2)CCO3)cn1. The van der Waals surface area contributed by atoms with Crippen molar-refractivity contribution >= 4 is 8.80 Å². The van der Waals surface area contributed by atoms with E-state index in [1.165, 1.54) is 0 Å². The molecule has 0 unspecified atom stereocenters. The molecule has 19 heavy (non-hydrogen) atoms. The molecule has 0 saturated carbocycles. The monoisotopic (exact) mass is 283 g/mol. The first-order chi connectivity index (χ1) is 9.26. The number of hydrogen-bond acceptors (Lipinski definition) is 5. The van der Waals surface area contributed by atoms with E-state index in [1.807, 2.05) is 19.4 Å². The summed E-state index contributed by atoms with van der Waals surface area (Å²) in [6.45, 7) is 7.97. The minimum absolute atomic E-state index is 0.717. The number of imidazole rings is 1. The Morgan fingerprint density at radius 1 is 1.16 bits per heavy atom. The topological polar surface area (TPSA) is 48.8 Å². The van der Waals surface area contributed by atoms with Gasteiger partial charge in [-0.25, -0.2) is 4.98 Å². The van der Waals surface area contributed by atoms with E-state index in [0.717, 1.165) is 57.7 Å². The van der Waals surface area contributed by atoms with Crippen LogP contribution in [0.15, 0.2) is 12.5 Å². The van der Waals surface area contributed by atoms with Crippen LogP contribution in [0.5, 0.6) is 0 Å². The highest BCUT2D eigenvalue weighted by Gasteiger charge is 2.43. The second-order valence-electron chi connectivity index (χ2n) is 5.07. The van der Waals surface area contributed by atoms with Gasteiger partial charge in [0.2, 0.25) is 0 Å². The number of fused-ring (bicyclic) bond motifs is 6. The Balaban J connectivity index is 1.65. The van der Waals surface area contributed by atoms with Gasteiger partial charge in [0.05, 0.1) is 31.8 Å². The molecule has 0 aliphatic carbocycles. The van der Waals surface area contributed by atoms with Gasteiger partial charge in [0.25, 0.3) is 0 Å². The summed E-state index contributed by atoms with van der Waals surface area (Å²) in [6.07, 6.45) is 3.90. The molecule has 6 nitrogen and oxygen atoms in total. The molecular weight excluding hydrogens is 262 g/mol. The molecule has 0 aromatic carbocycles. The highest BCUT2D eigenvalue weighted by Crippen LogP contribution is 2.21. The molecule has 3 saturated heterocycles. The summed E-state index contributed by atoms with van der Waals surface area (Å²) in [7, 11) is -2.48. The molecule has 7 heteroatoms. The van der Waals surface area contributed by atoms with Crippen molar-refractivity contribution in [1.29, 1.82) is 0 Å². The van der Waals surface area contributed by atoms with Crippen molar-refractivity contribution in [1.82, 2.24) is 14.5 Å². The van der Waals surface area contributed by atoms with Crippen LogP contribution < -0.4 is 0 Å². The van der Waals surface area contributed by atoms with Crippen LogP contribution in [0.2, 0.25) is 6.04 Å². The highest BCUT2D eigenvalue weighted by molar-refractivity contribution is 6.60. The van der Waals surface area contributed by atoms with Crippen LogP contribution in [-0.4, -0.2) is 62.7 Å². The van der Waals surface area contributed by atoms with Crippen LogP contribution in [0.4, 0.5) is 0 Å². The fourth-order valence-corrected chi connectivity index (χ4v) is 4.95. The van der Waals surface area contributed by atoms with Crippen LogP contribution >= 0.6 is 0 Å². The Labute approximate surface area is 114 Å². The molecule has 1 aromatic heterocycles. The summed E-state index contributed by atoms with van der Waals surface area (Å²) >= 11 is 0. The molecule has 1 aromatic rings. The number of hydrogen-bond donors (Lipinski definition) is 0. The van der Waals surface area contributed by atoms with Gasteiger partial charge in [-0.2, -0.15) is 0 Å². The Kier molecular flexibility index (Phi) is 3.99. The summed E-state index contributed by atoms with van der Waals surface area (Å²) in [4.78, 5) is 6.57. The van der Waals surface area contributed by atoms with Gasteiger partial charge in [-0.05, 0) is 6.92 Å². The Morgan fingerprint density at radius 2 is 1.79 bits per heavy atom. The zero-order valence-corrected chi connectivity index (χ0v) is 12.4. The van der Waals surface area contributed by atoms with Crippen molar-refractivity contribution in [3.63, 3.8) is 0 Å². The van der Waals surface area contributed by atoms with E-state index >= 15 is 0 Å². The number of nitrogens with zero attached hydrogens (tertiary/aromatic N) is 3. The molecule has 0 radical (unpaired) electrons. The molecule has 3 aliphatic rings. The molecule has 0 amide bonds. The Hall–Kier alpha value is -0.733. The van der Waals surface area contributed by atoms with Crippen molar-refractivity contribution in [3.8, 4) is 0 Å². The number of rotatable bonds is 3. The zero-order valence-electron chi connectivity index (χ0n) is 11.4. The maximum atomic E-state index is 5.99. The minimum atomic E-state index is -2.48. The second-order valence-corrected chi connectivity index (χ2v) is 7.80. The van der Waals surface area contributed by atoms with Crippen LogP contribution in [0.3, 0.4) is 0 Å². The summed E-state index contributed by atoms with van der Waals surface area (Å²) in [5, 5.41) is 0. The van der Waals surface area contributed by atoms with Crippen LogP contribution in [0, 0.1) is 6.92 Å². The van der Waals surface area contributed by atoms with Crippen LogP contribution in [0.1, 0.15) is 5.69 Å². The van der Waals surface area contributed by atoms with Gasteiger partial charge in [0.15, 0.2) is 0 Å². The molecule has 3 aliphatic heterocycles. The van der Waals surface area contributed by atoms with Crippen molar-refractivity contribution in [2.24, 2.45) is 0 Å². The third kappa shape index (κ3) is 3.24. The van der Waals surface area contributed by atoms with Gasteiger partial charge in [-0.15, -0.1) is 0 Å². The summed E-state index contributed by atoms with van der Waals surface area (Å²) in [5.41, 5.74) is 1.04. The molecule has 4 rings (SSSR count). The maximum Gasteiger partial charge on any atom is 0.502 e. The molecule has 0 atom stereocenters. The van der Waals surface area contributed by atoms with Crippen molar-refractivity contribution in [2.75, 3.05) is 39.5 Å². The van der Waals surface area contributed by atoms with Gasteiger partial charge in [0.1, 0.15) is 0 Å². The quantitative estimate of drug-likeness (QED) is 0.757. The van der Waals surface area contributed by atoms with E-state index in [9.17, 15) is 0 Å². The third-order valence-electron chi connectivity index (χ3n) is 3.63. The number of aromatic nitrogens is 2. The van der Waals surface area contributed by atoms with E-state index in [0.29, 0.717) is 0 Å². The Bertz CT molecular complexity index is 400. The average molecular weight is 283 g/mol. The lowest BCUT2D eigenvalue weighted by Gasteiger charge is -2.38. The predicted octanol–water partition coefficient (Wildman–Crippen LogP) is 0.509. The van der Waals surface area contributed by atoms with Gasteiger partial charge in [-0.3, -0.25) is 4.90 Å².